The summed E-state index contributed by atoms with van der Waals surface area (Å²) in [6, 6.07) is 55.2. The Morgan fingerprint density at radius 2 is 0.711 bits per heavy atom. The first-order valence-corrected chi connectivity index (χ1v) is 15.1. The summed E-state index contributed by atoms with van der Waals surface area (Å²) in [6.45, 7) is 0. The number of aromatic nitrogens is 4. The highest BCUT2D eigenvalue weighted by Gasteiger charge is 2.19. The first-order valence-electron chi connectivity index (χ1n) is 15.1. The van der Waals surface area contributed by atoms with Crippen LogP contribution in [0.3, 0.4) is 0 Å². The van der Waals surface area contributed by atoms with Gasteiger partial charge in [-0.1, -0.05) is 133 Å². The summed E-state index contributed by atoms with van der Waals surface area (Å²) >= 11 is 0. The van der Waals surface area contributed by atoms with E-state index in [4.69, 9.17) is 15.0 Å². The molecule has 7 aromatic carbocycles. The van der Waals surface area contributed by atoms with E-state index in [-0.39, 0.29) is 0 Å². The molecular formula is C41H26N4. The smallest absolute Gasteiger partial charge is 0.238 e. The summed E-state index contributed by atoms with van der Waals surface area (Å²) < 4.78 is 2.21. The SMILES string of the molecule is c1ccc(-c2ccc(-c3nc(-c4ccccc4)nc(-n4c5cc6ccccc6cc5c5cc6ccccc6cc54)n3)cc2)cc1. The lowest BCUT2D eigenvalue weighted by Gasteiger charge is -2.12. The van der Waals surface area contributed by atoms with Gasteiger partial charge in [0.2, 0.25) is 5.95 Å². The van der Waals surface area contributed by atoms with E-state index in [0.29, 0.717) is 17.6 Å². The molecule has 210 valence electrons. The maximum atomic E-state index is 5.18. The van der Waals surface area contributed by atoms with Crippen molar-refractivity contribution in [2.75, 3.05) is 0 Å². The molecule has 0 atom stereocenters. The molecule has 9 aromatic rings. The van der Waals surface area contributed by atoms with Crippen LogP contribution in [-0.4, -0.2) is 19.5 Å². The molecule has 2 aromatic heterocycles. The molecule has 0 aliphatic heterocycles. The van der Waals surface area contributed by atoms with Gasteiger partial charge < -0.3 is 0 Å². The molecule has 4 nitrogen and oxygen atoms in total. The van der Waals surface area contributed by atoms with Crippen LogP contribution in [0.15, 0.2) is 158 Å². The van der Waals surface area contributed by atoms with Crippen LogP contribution >= 0.6 is 0 Å². The maximum absolute atomic E-state index is 5.18. The van der Waals surface area contributed by atoms with Crippen molar-refractivity contribution in [1.29, 1.82) is 0 Å². The third-order valence-electron chi connectivity index (χ3n) is 8.61. The van der Waals surface area contributed by atoms with Gasteiger partial charge in [0.25, 0.3) is 0 Å². The van der Waals surface area contributed by atoms with Crippen LogP contribution in [-0.2, 0) is 0 Å². The van der Waals surface area contributed by atoms with Gasteiger partial charge in [-0.3, -0.25) is 4.57 Å². The Morgan fingerprint density at radius 1 is 0.333 bits per heavy atom. The van der Waals surface area contributed by atoms with Gasteiger partial charge in [0, 0.05) is 21.9 Å². The molecule has 0 aliphatic carbocycles. The Bertz CT molecular complexity index is 2420. The lowest BCUT2D eigenvalue weighted by molar-refractivity contribution is 0.954. The fourth-order valence-corrected chi connectivity index (χ4v) is 6.36. The second-order valence-corrected chi connectivity index (χ2v) is 11.4. The first-order chi connectivity index (χ1) is 22.3. The maximum Gasteiger partial charge on any atom is 0.238 e. The molecule has 2 heterocycles. The lowest BCUT2D eigenvalue weighted by Crippen LogP contribution is -2.06. The zero-order chi connectivity index (χ0) is 29.7. The van der Waals surface area contributed by atoms with Gasteiger partial charge >= 0.3 is 0 Å². The molecule has 0 N–H and O–H groups in total. The summed E-state index contributed by atoms with van der Waals surface area (Å²) in [4.78, 5) is 15.3. The molecule has 0 aliphatic rings. The zero-order valence-electron chi connectivity index (χ0n) is 24.3. The van der Waals surface area contributed by atoms with Crippen molar-refractivity contribution in [2.45, 2.75) is 0 Å². The highest BCUT2D eigenvalue weighted by atomic mass is 15.2. The van der Waals surface area contributed by atoms with Gasteiger partial charge in [0.05, 0.1) is 11.0 Å². The highest BCUT2D eigenvalue weighted by molar-refractivity contribution is 6.16. The number of hydrogen-bond acceptors (Lipinski definition) is 3. The van der Waals surface area contributed by atoms with Crippen molar-refractivity contribution in [1.82, 2.24) is 19.5 Å². The summed E-state index contributed by atoms with van der Waals surface area (Å²) in [5.74, 6) is 1.87. The quantitative estimate of drug-likeness (QED) is 0.210. The molecule has 0 saturated heterocycles. The number of rotatable bonds is 4. The molecule has 0 spiro atoms. The third kappa shape index (κ3) is 4.35. The second kappa shape index (κ2) is 10.2. The van der Waals surface area contributed by atoms with E-state index in [1.807, 2.05) is 36.4 Å². The first kappa shape index (κ1) is 25.4. The van der Waals surface area contributed by atoms with Gasteiger partial charge in [-0.15, -0.1) is 0 Å². The normalized spacial score (nSPS) is 11.6. The molecular weight excluding hydrogens is 548 g/mol. The van der Waals surface area contributed by atoms with Crippen LogP contribution in [0.1, 0.15) is 0 Å². The van der Waals surface area contributed by atoms with E-state index in [0.717, 1.165) is 27.7 Å². The number of benzene rings is 7. The van der Waals surface area contributed by atoms with Crippen LogP contribution in [0.25, 0.3) is 83.2 Å². The van der Waals surface area contributed by atoms with E-state index in [1.165, 1.54) is 37.9 Å². The summed E-state index contributed by atoms with van der Waals surface area (Å²) in [5.41, 5.74) is 6.34. The van der Waals surface area contributed by atoms with Gasteiger partial charge in [0.15, 0.2) is 11.6 Å². The predicted molar refractivity (Wildman–Crippen MR) is 185 cm³/mol. The Hall–Kier alpha value is -6.13. The average Bonchev–Trinajstić information content (AvgIpc) is 3.42. The highest BCUT2D eigenvalue weighted by Crippen LogP contribution is 2.37. The molecule has 9 rings (SSSR count). The fraction of sp³-hybridized carbons (Fsp3) is 0. The molecule has 0 fully saturated rings. The number of fused-ring (bicyclic) bond motifs is 5. The minimum atomic E-state index is 0.594. The molecule has 4 heteroatoms. The molecule has 0 radical (unpaired) electrons. The Balaban J connectivity index is 1.33. The Labute approximate surface area is 259 Å². The van der Waals surface area contributed by atoms with E-state index in [9.17, 15) is 0 Å². The predicted octanol–water partition coefficient (Wildman–Crippen LogP) is 10.3. The molecule has 0 amide bonds. The van der Waals surface area contributed by atoms with Gasteiger partial charge in [-0.05, 0) is 56.9 Å². The third-order valence-corrected chi connectivity index (χ3v) is 8.61. The van der Waals surface area contributed by atoms with E-state index in [2.05, 4.69) is 126 Å². The zero-order valence-corrected chi connectivity index (χ0v) is 24.3. The van der Waals surface area contributed by atoms with E-state index >= 15 is 0 Å². The van der Waals surface area contributed by atoms with Gasteiger partial charge in [-0.2, -0.15) is 9.97 Å². The summed E-state index contributed by atoms with van der Waals surface area (Å²) in [6.07, 6.45) is 0. The molecule has 45 heavy (non-hydrogen) atoms. The van der Waals surface area contributed by atoms with Crippen LogP contribution < -0.4 is 0 Å². The lowest BCUT2D eigenvalue weighted by atomic mass is 10.0. The summed E-state index contributed by atoms with van der Waals surface area (Å²) in [5, 5.41) is 7.10. The monoisotopic (exact) mass is 574 g/mol. The fourth-order valence-electron chi connectivity index (χ4n) is 6.36. The molecule has 0 bridgehead atoms. The average molecular weight is 575 g/mol. The number of nitrogens with zero attached hydrogens (tertiary/aromatic N) is 4. The molecule has 0 unspecified atom stereocenters. The minimum Gasteiger partial charge on any atom is -0.278 e. The minimum absolute atomic E-state index is 0.594. The van der Waals surface area contributed by atoms with Crippen LogP contribution in [0.4, 0.5) is 0 Å². The van der Waals surface area contributed by atoms with Crippen LogP contribution in [0, 0.1) is 0 Å². The van der Waals surface area contributed by atoms with Gasteiger partial charge in [-0.25, -0.2) is 4.98 Å². The standard InChI is InChI=1S/C41H26N4/c1-3-11-27(12-4-1)28-19-21-30(22-20-28)40-42-39(29-13-5-2-6-14-29)43-41(44-40)45-37-25-33-17-9-7-15-31(33)23-35(37)36-24-32-16-8-10-18-34(32)26-38(36)45/h1-26H. The van der Waals surface area contributed by atoms with Crippen molar-refractivity contribution in [3.05, 3.63) is 158 Å². The largest absolute Gasteiger partial charge is 0.278 e. The molecule has 0 saturated carbocycles. The topological polar surface area (TPSA) is 43.6 Å². The second-order valence-electron chi connectivity index (χ2n) is 11.4. The number of hydrogen-bond donors (Lipinski definition) is 0. The summed E-state index contributed by atoms with van der Waals surface area (Å²) in [7, 11) is 0. The van der Waals surface area contributed by atoms with E-state index < -0.39 is 0 Å². The Morgan fingerprint density at radius 3 is 1.22 bits per heavy atom. The van der Waals surface area contributed by atoms with Gasteiger partial charge in [0.1, 0.15) is 0 Å². The van der Waals surface area contributed by atoms with Crippen LogP contribution in [0.2, 0.25) is 0 Å². The van der Waals surface area contributed by atoms with Crippen molar-refractivity contribution >= 4 is 43.4 Å². The van der Waals surface area contributed by atoms with Crippen molar-refractivity contribution in [3.8, 4) is 39.9 Å². The van der Waals surface area contributed by atoms with Crippen LogP contribution in [0.5, 0.6) is 0 Å². The Kier molecular flexibility index (Phi) is 5.78. The van der Waals surface area contributed by atoms with Crippen molar-refractivity contribution in [3.63, 3.8) is 0 Å². The van der Waals surface area contributed by atoms with Crippen molar-refractivity contribution in [2.24, 2.45) is 0 Å². The van der Waals surface area contributed by atoms with E-state index in [1.54, 1.807) is 0 Å². The van der Waals surface area contributed by atoms with Crippen molar-refractivity contribution < 1.29 is 0 Å².